The Morgan fingerprint density at radius 1 is 1.16 bits per heavy atom. The van der Waals surface area contributed by atoms with Crippen molar-refractivity contribution in [1.29, 1.82) is 0 Å². The number of ether oxygens (including phenoxy) is 2. The van der Waals surface area contributed by atoms with Crippen LogP contribution in [0.25, 0.3) is 22.3 Å². The SMILES string of the molecule is Cn1cnnc1CC1(c2cccc(-c3nn(COCC[Si](C)(C)C)c4c(CN5CC[C@H](F)C5)cc(C(F)(F)F)nc34)c2)COC1. The van der Waals surface area contributed by atoms with Crippen LogP contribution in [0.2, 0.25) is 25.7 Å². The van der Waals surface area contributed by atoms with Crippen molar-refractivity contribution in [2.75, 3.05) is 32.9 Å². The first-order valence-corrected chi connectivity index (χ1v) is 19.0. The molecule has 0 aliphatic carbocycles. The third-order valence-corrected chi connectivity index (χ3v) is 10.4. The third-order valence-electron chi connectivity index (χ3n) is 8.69. The Morgan fingerprint density at radius 2 is 1.96 bits per heavy atom. The molecule has 3 aromatic heterocycles. The Hall–Kier alpha value is -3.20. The van der Waals surface area contributed by atoms with E-state index in [4.69, 9.17) is 14.6 Å². The van der Waals surface area contributed by atoms with Crippen molar-refractivity contribution in [1.82, 2.24) is 34.4 Å². The van der Waals surface area contributed by atoms with Gasteiger partial charge in [-0.1, -0.05) is 37.8 Å². The second kappa shape index (κ2) is 12.2. The van der Waals surface area contributed by atoms with E-state index in [-0.39, 0.29) is 30.8 Å². The zero-order valence-electron chi connectivity index (χ0n) is 26.1. The third kappa shape index (κ3) is 6.83. The Kier molecular flexibility index (Phi) is 8.61. The van der Waals surface area contributed by atoms with Crippen molar-refractivity contribution in [3.63, 3.8) is 0 Å². The fourth-order valence-corrected chi connectivity index (χ4v) is 6.76. The van der Waals surface area contributed by atoms with Gasteiger partial charge in [0.05, 0.1) is 18.7 Å². The molecule has 0 saturated carbocycles. The van der Waals surface area contributed by atoms with Crippen LogP contribution >= 0.6 is 0 Å². The zero-order chi connectivity index (χ0) is 32.0. The highest BCUT2D eigenvalue weighted by Crippen LogP contribution is 2.39. The summed E-state index contributed by atoms with van der Waals surface area (Å²) in [7, 11) is 0.518. The monoisotopic (exact) mass is 645 g/mol. The molecule has 2 aliphatic rings. The molecule has 2 aliphatic heterocycles. The van der Waals surface area contributed by atoms with Gasteiger partial charge in [0.2, 0.25) is 0 Å². The smallest absolute Gasteiger partial charge is 0.379 e. The largest absolute Gasteiger partial charge is 0.433 e. The maximum atomic E-state index is 14.2. The van der Waals surface area contributed by atoms with Gasteiger partial charge in [-0.05, 0) is 35.7 Å². The van der Waals surface area contributed by atoms with Crippen LogP contribution in [0.1, 0.15) is 29.1 Å². The maximum absolute atomic E-state index is 14.2. The van der Waals surface area contributed by atoms with E-state index in [0.717, 1.165) is 23.5 Å². The molecular formula is C31H39F4N7O2Si. The number of halogens is 4. The summed E-state index contributed by atoms with van der Waals surface area (Å²) < 4.78 is 72.0. The van der Waals surface area contributed by atoms with E-state index in [1.165, 1.54) is 0 Å². The molecule has 9 nitrogen and oxygen atoms in total. The van der Waals surface area contributed by atoms with Crippen LogP contribution in [0.15, 0.2) is 36.7 Å². The van der Waals surface area contributed by atoms with Gasteiger partial charge in [0.1, 0.15) is 42.0 Å². The van der Waals surface area contributed by atoms with Gasteiger partial charge >= 0.3 is 6.18 Å². The molecule has 0 N–H and O–H groups in total. The Labute approximate surface area is 260 Å². The molecule has 0 bridgehead atoms. The standard InChI is InChI=1S/C31H39F4N7O2Si/c1-40-19-36-38-26(40)14-30(17-44-18-30)23-7-5-6-21(12-23)27-28-29(42(39-27)20-43-10-11-45(2,3)4)22(13-25(37-28)31(33,34)35)15-41-9-8-24(32)16-41/h5-7,12-13,19,24H,8-11,14-18,20H2,1-4H3/t24-/m0/s1. The zero-order valence-corrected chi connectivity index (χ0v) is 27.1. The molecule has 14 heteroatoms. The van der Waals surface area contributed by atoms with Crippen molar-refractivity contribution >= 4 is 19.1 Å². The molecule has 4 aromatic rings. The van der Waals surface area contributed by atoms with Gasteiger partial charge in [-0.25, -0.2) is 14.1 Å². The average Bonchev–Trinajstić information content (AvgIpc) is 3.66. The Balaban J connectivity index is 1.44. The number of hydrogen-bond acceptors (Lipinski definition) is 7. The van der Waals surface area contributed by atoms with Crippen LogP contribution in [0.5, 0.6) is 0 Å². The first-order valence-electron chi connectivity index (χ1n) is 15.2. The van der Waals surface area contributed by atoms with Crippen LogP contribution in [0, 0.1) is 0 Å². The summed E-state index contributed by atoms with van der Waals surface area (Å²) in [5, 5.41) is 13.1. The molecule has 242 valence electrons. The lowest BCUT2D eigenvalue weighted by atomic mass is 9.75. The lowest BCUT2D eigenvalue weighted by Crippen LogP contribution is -2.49. The molecule has 0 amide bonds. The normalized spacial score (nSPS) is 19.0. The number of aryl methyl sites for hydroxylation is 1. The molecule has 0 unspecified atom stereocenters. The van der Waals surface area contributed by atoms with E-state index in [9.17, 15) is 17.6 Å². The maximum Gasteiger partial charge on any atom is 0.433 e. The van der Waals surface area contributed by atoms with E-state index >= 15 is 0 Å². The van der Waals surface area contributed by atoms with E-state index < -0.39 is 26.1 Å². The quantitative estimate of drug-likeness (QED) is 0.119. The molecule has 6 rings (SSSR count). The van der Waals surface area contributed by atoms with Crippen LogP contribution in [0.3, 0.4) is 0 Å². The van der Waals surface area contributed by atoms with E-state index in [0.29, 0.717) is 61.5 Å². The van der Waals surface area contributed by atoms with Crippen LogP contribution in [-0.4, -0.2) is 81.6 Å². The second-order valence-corrected chi connectivity index (χ2v) is 19.2. The summed E-state index contributed by atoms with van der Waals surface area (Å²) in [6.07, 6.45) is -3.06. The van der Waals surface area contributed by atoms with Gasteiger partial charge in [-0.2, -0.15) is 18.3 Å². The molecule has 1 aromatic carbocycles. The van der Waals surface area contributed by atoms with Gasteiger partial charge in [-0.15, -0.1) is 10.2 Å². The van der Waals surface area contributed by atoms with Crippen LogP contribution in [0.4, 0.5) is 17.6 Å². The van der Waals surface area contributed by atoms with Crippen molar-refractivity contribution in [2.24, 2.45) is 7.05 Å². The Morgan fingerprint density at radius 3 is 2.58 bits per heavy atom. The minimum absolute atomic E-state index is 0.0659. The molecule has 2 fully saturated rings. The summed E-state index contributed by atoms with van der Waals surface area (Å²) in [6, 6.07) is 9.71. The first kappa shape index (κ1) is 31.8. The number of pyridine rings is 1. The van der Waals surface area contributed by atoms with Crippen LogP contribution in [-0.2, 0) is 47.8 Å². The number of nitrogens with zero attached hydrogens (tertiary/aromatic N) is 7. The Bertz CT molecular complexity index is 1660. The molecule has 0 radical (unpaired) electrons. The second-order valence-electron chi connectivity index (χ2n) is 13.6. The number of likely N-dealkylation sites (tertiary alicyclic amines) is 1. The van der Waals surface area contributed by atoms with E-state index in [1.807, 2.05) is 40.8 Å². The first-order chi connectivity index (χ1) is 21.3. The number of rotatable bonds is 11. The fraction of sp³-hybridized carbons (Fsp3) is 0.548. The minimum Gasteiger partial charge on any atom is -0.379 e. The number of alkyl halides is 4. The van der Waals surface area contributed by atoms with Crippen molar-refractivity contribution in [3.05, 3.63) is 59.3 Å². The number of fused-ring (bicyclic) bond motifs is 1. The molecule has 2 saturated heterocycles. The minimum atomic E-state index is -4.67. The van der Waals surface area contributed by atoms with Gasteiger partial charge in [0.15, 0.2) is 0 Å². The highest BCUT2D eigenvalue weighted by atomic mass is 28.3. The van der Waals surface area contributed by atoms with Gasteiger partial charge < -0.3 is 14.0 Å². The summed E-state index contributed by atoms with van der Waals surface area (Å²) in [5.41, 5.74) is 1.62. The van der Waals surface area contributed by atoms with E-state index in [1.54, 1.807) is 11.0 Å². The number of hydrogen-bond donors (Lipinski definition) is 0. The average molecular weight is 646 g/mol. The summed E-state index contributed by atoms with van der Waals surface area (Å²) in [5.74, 6) is 0.812. The molecule has 1 atom stereocenters. The highest BCUT2D eigenvalue weighted by molar-refractivity contribution is 6.76. The lowest BCUT2D eigenvalue weighted by Gasteiger charge is -2.41. The van der Waals surface area contributed by atoms with E-state index in [2.05, 4.69) is 34.8 Å². The summed E-state index contributed by atoms with van der Waals surface area (Å²) in [4.78, 5) is 6.01. The molecule has 0 spiro atoms. The molecular weight excluding hydrogens is 606 g/mol. The van der Waals surface area contributed by atoms with Crippen molar-refractivity contribution in [3.8, 4) is 11.3 Å². The molecule has 45 heavy (non-hydrogen) atoms. The highest BCUT2D eigenvalue weighted by Gasteiger charge is 2.42. The lowest BCUT2D eigenvalue weighted by molar-refractivity contribution is -0.141. The number of benzene rings is 1. The van der Waals surface area contributed by atoms with Crippen molar-refractivity contribution in [2.45, 2.75) is 69.6 Å². The fourth-order valence-electron chi connectivity index (χ4n) is 6.00. The summed E-state index contributed by atoms with van der Waals surface area (Å²) >= 11 is 0. The van der Waals surface area contributed by atoms with Gasteiger partial charge in [-0.3, -0.25) is 4.90 Å². The van der Waals surface area contributed by atoms with Gasteiger partial charge in [0.25, 0.3) is 0 Å². The predicted molar refractivity (Wildman–Crippen MR) is 164 cm³/mol. The number of aromatic nitrogens is 6. The summed E-state index contributed by atoms with van der Waals surface area (Å²) in [6.45, 7) is 9.11. The topological polar surface area (TPSA) is 83.1 Å². The predicted octanol–water partition coefficient (Wildman–Crippen LogP) is 5.61. The van der Waals surface area contributed by atoms with Crippen molar-refractivity contribution < 1.29 is 27.0 Å². The van der Waals surface area contributed by atoms with Crippen LogP contribution < -0.4 is 0 Å². The van der Waals surface area contributed by atoms with Gasteiger partial charge in [0, 0.05) is 58.8 Å². The molecule has 5 heterocycles.